The van der Waals surface area contributed by atoms with Gasteiger partial charge >= 0.3 is 5.97 Å². The second-order valence-corrected chi connectivity index (χ2v) is 4.58. The zero-order valence-corrected chi connectivity index (χ0v) is 11.5. The summed E-state index contributed by atoms with van der Waals surface area (Å²) in [5, 5.41) is 11.0. The molecule has 0 saturated carbocycles. The molecule has 0 saturated heterocycles. The Hall–Kier alpha value is -2.13. The van der Waals surface area contributed by atoms with Crippen LogP contribution >= 0.6 is 0 Å². The van der Waals surface area contributed by atoms with E-state index in [1.165, 1.54) is 0 Å². The van der Waals surface area contributed by atoms with E-state index in [4.69, 9.17) is 4.74 Å². The largest absolute Gasteiger partial charge is 0.463 e. The molecule has 0 bridgehead atoms. The Morgan fingerprint density at radius 3 is 1.85 bits per heavy atom. The lowest BCUT2D eigenvalue weighted by Gasteiger charge is -2.27. The van der Waals surface area contributed by atoms with Crippen LogP contribution in [0.4, 0.5) is 0 Å². The van der Waals surface area contributed by atoms with Crippen LogP contribution in [0.2, 0.25) is 0 Å². The summed E-state index contributed by atoms with van der Waals surface area (Å²) in [6.07, 6.45) is 0.714. The van der Waals surface area contributed by atoms with Crippen molar-refractivity contribution in [3.63, 3.8) is 0 Å². The van der Waals surface area contributed by atoms with Crippen LogP contribution in [0.15, 0.2) is 60.7 Å². The van der Waals surface area contributed by atoms with E-state index in [-0.39, 0.29) is 0 Å². The Bertz CT molecular complexity index is 509. The number of hydrogen-bond donors (Lipinski definition) is 1. The summed E-state index contributed by atoms with van der Waals surface area (Å²) in [6.45, 7) is 2.21. The first-order valence-corrected chi connectivity index (χ1v) is 6.70. The topological polar surface area (TPSA) is 46.5 Å². The SMILES string of the molecule is CCCOC(=O)C(O)(c1ccccc1)c1ccccc1. The normalized spacial score (nSPS) is 11.1. The molecule has 0 atom stereocenters. The maximum Gasteiger partial charge on any atom is 0.347 e. The van der Waals surface area contributed by atoms with Crippen molar-refractivity contribution in [2.75, 3.05) is 6.61 Å². The molecule has 20 heavy (non-hydrogen) atoms. The van der Waals surface area contributed by atoms with Gasteiger partial charge < -0.3 is 9.84 Å². The molecule has 0 amide bonds. The van der Waals surface area contributed by atoms with E-state index in [9.17, 15) is 9.90 Å². The lowest BCUT2D eigenvalue weighted by Crippen LogP contribution is -2.38. The van der Waals surface area contributed by atoms with Gasteiger partial charge in [0.1, 0.15) is 0 Å². The lowest BCUT2D eigenvalue weighted by molar-refractivity contribution is -0.162. The minimum Gasteiger partial charge on any atom is -0.463 e. The second kappa shape index (κ2) is 6.35. The van der Waals surface area contributed by atoms with Gasteiger partial charge in [-0.1, -0.05) is 67.6 Å². The third-order valence-corrected chi connectivity index (χ3v) is 3.12. The highest BCUT2D eigenvalue weighted by molar-refractivity contribution is 5.85. The molecule has 0 radical (unpaired) electrons. The fourth-order valence-corrected chi connectivity index (χ4v) is 2.06. The van der Waals surface area contributed by atoms with Crippen LogP contribution in [-0.2, 0) is 15.1 Å². The number of rotatable bonds is 5. The Morgan fingerprint density at radius 1 is 1.00 bits per heavy atom. The van der Waals surface area contributed by atoms with Crippen molar-refractivity contribution in [3.8, 4) is 0 Å². The van der Waals surface area contributed by atoms with Crippen LogP contribution in [-0.4, -0.2) is 17.7 Å². The van der Waals surface area contributed by atoms with Gasteiger partial charge in [0.25, 0.3) is 0 Å². The fourth-order valence-electron chi connectivity index (χ4n) is 2.06. The van der Waals surface area contributed by atoms with Gasteiger partial charge in [-0.05, 0) is 17.5 Å². The van der Waals surface area contributed by atoms with Gasteiger partial charge in [-0.15, -0.1) is 0 Å². The maximum atomic E-state index is 12.4. The molecule has 1 N–H and O–H groups in total. The zero-order valence-electron chi connectivity index (χ0n) is 11.5. The monoisotopic (exact) mass is 270 g/mol. The van der Waals surface area contributed by atoms with Gasteiger partial charge in [0.05, 0.1) is 6.61 Å². The minimum atomic E-state index is -1.77. The third-order valence-electron chi connectivity index (χ3n) is 3.12. The van der Waals surface area contributed by atoms with Crippen LogP contribution in [0.25, 0.3) is 0 Å². The van der Waals surface area contributed by atoms with Crippen LogP contribution in [0, 0.1) is 0 Å². The lowest BCUT2D eigenvalue weighted by atomic mass is 9.86. The average molecular weight is 270 g/mol. The molecule has 104 valence electrons. The Labute approximate surface area is 118 Å². The summed E-state index contributed by atoms with van der Waals surface area (Å²) in [6, 6.07) is 17.7. The number of ether oxygens (including phenoxy) is 1. The Balaban J connectivity index is 2.46. The van der Waals surface area contributed by atoms with Gasteiger partial charge in [-0.2, -0.15) is 0 Å². The smallest absolute Gasteiger partial charge is 0.347 e. The standard InChI is InChI=1S/C17H18O3/c1-2-13-20-16(18)17(19,14-9-5-3-6-10-14)15-11-7-4-8-12-15/h3-12,19H,2,13H2,1H3. The number of carbonyl (C=O) groups is 1. The quantitative estimate of drug-likeness (QED) is 0.850. The van der Waals surface area contributed by atoms with E-state index >= 15 is 0 Å². The van der Waals surface area contributed by atoms with E-state index in [2.05, 4.69) is 0 Å². The van der Waals surface area contributed by atoms with E-state index in [1.807, 2.05) is 19.1 Å². The molecule has 0 aliphatic rings. The molecule has 0 heterocycles. The van der Waals surface area contributed by atoms with Crippen LogP contribution < -0.4 is 0 Å². The molecule has 2 aromatic carbocycles. The van der Waals surface area contributed by atoms with E-state index in [0.717, 1.165) is 0 Å². The molecule has 0 aromatic heterocycles. The summed E-state index contributed by atoms with van der Waals surface area (Å²) in [4.78, 5) is 12.4. The minimum absolute atomic E-state index is 0.292. The molecular formula is C17H18O3. The van der Waals surface area contributed by atoms with Crippen molar-refractivity contribution in [2.24, 2.45) is 0 Å². The molecule has 0 unspecified atom stereocenters. The van der Waals surface area contributed by atoms with Gasteiger partial charge in [0, 0.05) is 0 Å². The zero-order chi connectivity index (χ0) is 14.4. The Morgan fingerprint density at radius 2 is 1.45 bits per heavy atom. The summed E-state index contributed by atoms with van der Waals surface area (Å²) < 4.78 is 5.18. The number of carbonyl (C=O) groups excluding carboxylic acids is 1. The maximum absolute atomic E-state index is 12.4. The molecule has 2 aromatic rings. The molecule has 3 heteroatoms. The van der Waals surface area contributed by atoms with Crippen molar-refractivity contribution in [1.29, 1.82) is 0 Å². The number of aliphatic hydroxyl groups is 1. The van der Waals surface area contributed by atoms with Gasteiger partial charge in [0.15, 0.2) is 0 Å². The van der Waals surface area contributed by atoms with Crippen LogP contribution in [0.5, 0.6) is 0 Å². The van der Waals surface area contributed by atoms with E-state index < -0.39 is 11.6 Å². The first-order chi connectivity index (χ1) is 9.69. The average Bonchev–Trinajstić information content (AvgIpc) is 2.53. The van der Waals surface area contributed by atoms with Gasteiger partial charge in [-0.25, -0.2) is 4.79 Å². The van der Waals surface area contributed by atoms with Crippen LogP contribution in [0.1, 0.15) is 24.5 Å². The summed E-state index contributed by atoms with van der Waals surface area (Å²) in [5.74, 6) is -0.642. The summed E-state index contributed by atoms with van der Waals surface area (Å²) in [5.41, 5.74) is -0.753. The highest BCUT2D eigenvalue weighted by atomic mass is 16.5. The molecular weight excluding hydrogens is 252 g/mol. The first-order valence-electron chi connectivity index (χ1n) is 6.70. The summed E-state index contributed by atoms with van der Waals surface area (Å²) in [7, 11) is 0. The Kier molecular flexibility index (Phi) is 4.53. The molecule has 0 fully saturated rings. The molecule has 0 aliphatic heterocycles. The molecule has 2 rings (SSSR count). The molecule has 0 spiro atoms. The highest BCUT2D eigenvalue weighted by Crippen LogP contribution is 2.30. The number of hydrogen-bond acceptors (Lipinski definition) is 3. The van der Waals surface area contributed by atoms with Crippen LogP contribution in [0.3, 0.4) is 0 Å². The third kappa shape index (κ3) is 2.73. The fraction of sp³-hybridized carbons (Fsp3) is 0.235. The predicted molar refractivity (Wildman–Crippen MR) is 77.1 cm³/mol. The highest BCUT2D eigenvalue weighted by Gasteiger charge is 2.41. The van der Waals surface area contributed by atoms with E-state index in [1.54, 1.807) is 48.5 Å². The van der Waals surface area contributed by atoms with Crippen molar-refractivity contribution in [1.82, 2.24) is 0 Å². The number of benzene rings is 2. The van der Waals surface area contributed by atoms with Crippen molar-refractivity contribution in [3.05, 3.63) is 71.8 Å². The van der Waals surface area contributed by atoms with Gasteiger partial charge in [0.2, 0.25) is 5.60 Å². The van der Waals surface area contributed by atoms with Crippen molar-refractivity contribution >= 4 is 5.97 Å². The molecule has 0 aliphatic carbocycles. The predicted octanol–water partition coefficient (Wildman–Crippen LogP) is 2.88. The van der Waals surface area contributed by atoms with Crippen molar-refractivity contribution < 1.29 is 14.6 Å². The van der Waals surface area contributed by atoms with E-state index in [0.29, 0.717) is 24.2 Å². The first kappa shape index (κ1) is 14.3. The second-order valence-electron chi connectivity index (χ2n) is 4.58. The van der Waals surface area contributed by atoms with Gasteiger partial charge in [-0.3, -0.25) is 0 Å². The molecule has 3 nitrogen and oxygen atoms in total. The van der Waals surface area contributed by atoms with Crippen molar-refractivity contribution in [2.45, 2.75) is 18.9 Å². The number of esters is 1. The summed E-state index contributed by atoms with van der Waals surface area (Å²) >= 11 is 0.